The van der Waals surface area contributed by atoms with Gasteiger partial charge in [-0.3, -0.25) is 4.90 Å². The maximum atomic E-state index is 14.9. The van der Waals surface area contributed by atoms with Crippen molar-refractivity contribution in [2.24, 2.45) is 5.92 Å². The molecule has 2 amide bonds. The van der Waals surface area contributed by atoms with Gasteiger partial charge in [-0.15, -0.1) is 0 Å². The quantitative estimate of drug-likeness (QED) is 0.680. The van der Waals surface area contributed by atoms with Crippen LogP contribution in [0.5, 0.6) is 5.75 Å². The van der Waals surface area contributed by atoms with Crippen molar-refractivity contribution in [3.63, 3.8) is 0 Å². The Morgan fingerprint density at radius 1 is 1.13 bits per heavy atom. The summed E-state index contributed by atoms with van der Waals surface area (Å²) in [6.07, 6.45) is 1.49. The predicted octanol–water partition coefficient (Wildman–Crippen LogP) is 4.32. The summed E-state index contributed by atoms with van der Waals surface area (Å²) >= 11 is 0. The lowest BCUT2D eigenvalue weighted by Crippen LogP contribution is -2.34. The third-order valence-corrected chi connectivity index (χ3v) is 5.67. The third-order valence-electron chi connectivity index (χ3n) is 5.67. The highest BCUT2D eigenvalue weighted by Gasteiger charge is 2.26. The molecule has 2 aliphatic rings. The third kappa shape index (κ3) is 5.51. The molecule has 0 aromatic heterocycles. The first-order chi connectivity index (χ1) is 14.6. The lowest BCUT2D eigenvalue weighted by molar-refractivity contribution is 0.158. The average Bonchev–Trinajstić information content (AvgIpc) is 3.57. The predicted molar refractivity (Wildman–Crippen MR) is 115 cm³/mol. The lowest BCUT2D eigenvalue weighted by atomic mass is 9.97. The molecule has 1 heterocycles. The SMILES string of the molecule is CCNC(=O)NCc1ccc(CN2Cc3ccc(OCC4CC4)cc3C(F)C2)cc1. The number of benzene rings is 2. The van der Waals surface area contributed by atoms with Crippen LogP contribution >= 0.6 is 0 Å². The van der Waals surface area contributed by atoms with Gasteiger partial charge in [-0.25, -0.2) is 9.18 Å². The number of rotatable bonds is 8. The number of urea groups is 1. The molecule has 0 spiro atoms. The molecule has 5 nitrogen and oxygen atoms in total. The number of halogens is 1. The van der Waals surface area contributed by atoms with E-state index in [4.69, 9.17) is 4.74 Å². The molecule has 0 bridgehead atoms. The topological polar surface area (TPSA) is 53.6 Å². The minimum atomic E-state index is -1.00. The zero-order chi connectivity index (χ0) is 20.9. The van der Waals surface area contributed by atoms with E-state index in [0.717, 1.165) is 41.2 Å². The van der Waals surface area contributed by atoms with Crippen LogP contribution in [0.25, 0.3) is 0 Å². The van der Waals surface area contributed by atoms with E-state index < -0.39 is 6.17 Å². The Kier molecular flexibility index (Phi) is 6.53. The maximum Gasteiger partial charge on any atom is 0.315 e. The highest BCUT2D eigenvalue weighted by Crippen LogP contribution is 2.34. The number of fused-ring (bicyclic) bond motifs is 1. The summed E-state index contributed by atoms with van der Waals surface area (Å²) in [5, 5.41) is 5.53. The average molecular weight is 412 g/mol. The number of alkyl halides is 1. The van der Waals surface area contributed by atoms with Crippen LogP contribution in [0.1, 0.15) is 48.2 Å². The van der Waals surface area contributed by atoms with Gasteiger partial charge in [-0.2, -0.15) is 0 Å². The van der Waals surface area contributed by atoms with Gasteiger partial charge >= 0.3 is 6.03 Å². The van der Waals surface area contributed by atoms with Crippen molar-refractivity contribution in [2.75, 3.05) is 19.7 Å². The van der Waals surface area contributed by atoms with Crippen molar-refractivity contribution in [3.8, 4) is 5.75 Å². The van der Waals surface area contributed by atoms with Crippen molar-refractivity contribution in [1.29, 1.82) is 0 Å². The Bertz CT molecular complexity index is 867. The molecule has 0 radical (unpaired) electrons. The van der Waals surface area contributed by atoms with Crippen molar-refractivity contribution in [2.45, 2.75) is 45.6 Å². The van der Waals surface area contributed by atoms with Gasteiger partial charge in [-0.1, -0.05) is 30.3 Å². The van der Waals surface area contributed by atoms with Crippen LogP contribution in [0.15, 0.2) is 42.5 Å². The largest absolute Gasteiger partial charge is 0.493 e. The van der Waals surface area contributed by atoms with Crippen molar-refractivity contribution < 1.29 is 13.9 Å². The van der Waals surface area contributed by atoms with E-state index in [1.807, 2.05) is 49.4 Å². The fourth-order valence-electron chi connectivity index (χ4n) is 3.77. The summed E-state index contributed by atoms with van der Waals surface area (Å²) in [6, 6.07) is 13.8. The molecule has 1 aliphatic heterocycles. The van der Waals surface area contributed by atoms with Crippen LogP contribution in [0.3, 0.4) is 0 Å². The number of carbonyl (C=O) groups excluding carboxylic acids is 1. The summed E-state index contributed by atoms with van der Waals surface area (Å²) in [4.78, 5) is 13.6. The fourth-order valence-corrected chi connectivity index (χ4v) is 3.77. The fraction of sp³-hybridized carbons (Fsp3) is 0.458. The van der Waals surface area contributed by atoms with Gasteiger partial charge in [-0.05, 0) is 60.1 Å². The van der Waals surface area contributed by atoms with Crippen LogP contribution in [0.4, 0.5) is 9.18 Å². The second-order valence-corrected chi connectivity index (χ2v) is 8.28. The molecule has 1 atom stereocenters. The Morgan fingerprint density at radius 2 is 1.90 bits per heavy atom. The monoisotopic (exact) mass is 411 g/mol. The van der Waals surface area contributed by atoms with Crippen LogP contribution in [-0.4, -0.2) is 30.6 Å². The molecule has 1 aliphatic carbocycles. The molecule has 6 heteroatoms. The summed E-state index contributed by atoms with van der Waals surface area (Å²) in [5.74, 6) is 1.47. The molecule has 1 unspecified atom stereocenters. The molecule has 2 aromatic carbocycles. The van der Waals surface area contributed by atoms with E-state index in [2.05, 4.69) is 15.5 Å². The first kappa shape index (κ1) is 20.7. The van der Waals surface area contributed by atoms with Gasteiger partial charge in [0.2, 0.25) is 0 Å². The van der Waals surface area contributed by atoms with Crippen molar-refractivity contribution >= 4 is 6.03 Å². The van der Waals surface area contributed by atoms with E-state index in [-0.39, 0.29) is 6.03 Å². The molecule has 4 rings (SSSR count). The Hall–Kier alpha value is -2.60. The minimum absolute atomic E-state index is 0.163. The zero-order valence-electron chi connectivity index (χ0n) is 17.5. The Labute approximate surface area is 177 Å². The van der Waals surface area contributed by atoms with E-state index >= 15 is 0 Å². The highest BCUT2D eigenvalue weighted by molar-refractivity contribution is 5.73. The number of nitrogens with zero attached hydrogens (tertiary/aromatic N) is 1. The van der Waals surface area contributed by atoms with Gasteiger partial charge in [0, 0.05) is 32.7 Å². The van der Waals surface area contributed by atoms with Gasteiger partial charge in [0.1, 0.15) is 11.9 Å². The van der Waals surface area contributed by atoms with Crippen molar-refractivity contribution in [1.82, 2.24) is 15.5 Å². The van der Waals surface area contributed by atoms with Crippen LogP contribution < -0.4 is 15.4 Å². The van der Waals surface area contributed by atoms with E-state index in [1.54, 1.807) is 0 Å². The number of amides is 2. The molecule has 1 fully saturated rings. The number of hydrogen-bond donors (Lipinski definition) is 2. The molecule has 160 valence electrons. The van der Waals surface area contributed by atoms with E-state index in [0.29, 0.717) is 32.1 Å². The van der Waals surface area contributed by atoms with Gasteiger partial charge < -0.3 is 15.4 Å². The highest BCUT2D eigenvalue weighted by atomic mass is 19.1. The number of nitrogens with one attached hydrogen (secondary N) is 2. The minimum Gasteiger partial charge on any atom is -0.493 e. The normalized spacial score (nSPS) is 18.5. The smallest absolute Gasteiger partial charge is 0.315 e. The second kappa shape index (κ2) is 9.47. The summed E-state index contributed by atoms with van der Waals surface area (Å²) < 4.78 is 20.7. The van der Waals surface area contributed by atoms with E-state index in [9.17, 15) is 9.18 Å². The first-order valence-corrected chi connectivity index (χ1v) is 10.8. The standard InChI is InChI=1S/C24H30FN3O2/c1-2-26-24(29)27-12-17-3-5-18(6-4-17)13-28-14-20-9-10-21(30-16-19-7-8-19)11-22(20)23(25)15-28/h3-6,9-11,19,23H,2,7-8,12-16H2,1H3,(H2,26,27,29). The lowest BCUT2D eigenvalue weighted by Gasteiger charge is -2.31. The molecular formula is C24H30FN3O2. The molecule has 30 heavy (non-hydrogen) atoms. The van der Waals surface area contributed by atoms with E-state index in [1.165, 1.54) is 12.8 Å². The molecule has 2 aromatic rings. The zero-order valence-corrected chi connectivity index (χ0v) is 17.5. The molecule has 0 saturated heterocycles. The first-order valence-electron chi connectivity index (χ1n) is 10.8. The summed E-state index contributed by atoms with van der Waals surface area (Å²) in [7, 11) is 0. The van der Waals surface area contributed by atoms with Crippen LogP contribution in [0, 0.1) is 5.92 Å². The number of ether oxygens (including phenoxy) is 1. The number of carbonyl (C=O) groups is 1. The molecule has 2 N–H and O–H groups in total. The van der Waals surface area contributed by atoms with Crippen molar-refractivity contribution in [3.05, 3.63) is 64.7 Å². The Balaban J connectivity index is 1.32. The van der Waals surface area contributed by atoms with Gasteiger partial charge in [0.05, 0.1) is 6.61 Å². The van der Waals surface area contributed by atoms with Gasteiger partial charge in [0.25, 0.3) is 0 Å². The second-order valence-electron chi connectivity index (χ2n) is 8.28. The molecular weight excluding hydrogens is 381 g/mol. The van der Waals surface area contributed by atoms with Gasteiger partial charge in [0.15, 0.2) is 0 Å². The maximum absolute atomic E-state index is 14.9. The number of hydrogen-bond acceptors (Lipinski definition) is 3. The summed E-state index contributed by atoms with van der Waals surface area (Å²) in [5.41, 5.74) is 3.98. The Morgan fingerprint density at radius 3 is 2.63 bits per heavy atom. The van der Waals surface area contributed by atoms with Crippen LogP contribution in [-0.2, 0) is 19.6 Å². The molecule has 1 saturated carbocycles. The van der Waals surface area contributed by atoms with Crippen LogP contribution in [0.2, 0.25) is 0 Å². The summed E-state index contributed by atoms with van der Waals surface area (Å²) in [6.45, 7) is 5.55.